The average molecular weight is 256 g/mol. The maximum Gasteiger partial charge on any atom is 0.292 e. The van der Waals surface area contributed by atoms with Crippen LogP contribution in [-0.2, 0) is 0 Å². The second-order valence-corrected chi connectivity index (χ2v) is 4.55. The van der Waals surface area contributed by atoms with E-state index in [1.165, 1.54) is 11.6 Å². The van der Waals surface area contributed by atoms with Crippen molar-refractivity contribution in [3.8, 4) is 0 Å². The van der Waals surface area contributed by atoms with Crippen LogP contribution in [0.4, 0.5) is 11.4 Å². The third kappa shape index (κ3) is 3.10. The van der Waals surface area contributed by atoms with Gasteiger partial charge in [-0.15, -0.1) is 0 Å². The van der Waals surface area contributed by atoms with Crippen LogP contribution in [0, 0.1) is 17.0 Å². The van der Waals surface area contributed by atoms with Gasteiger partial charge in [0.1, 0.15) is 5.69 Å². The largest absolute Gasteiger partial charge is 0.373 e. The molecular weight excluding hydrogens is 240 g/mol. The predicted octanol–water partition coefficient (Wildman–Crippen LogP) is 4.08. The molecule has 0 amide bonds. The number of nitrogens with zero attached hydrogens (tertiary/aromatic N) is 1. The average Bonchev–Trinajstić information content (AvgIpc) is 2.39. The van der Waals surface area contributed by atoms with Crippen LogP contribution >= 0.6 is 0 Å². The fourth-order valence-corrected chi connectivity index (χ4v) is 2.01. The van der Waals surface area contributed by atoms with Gasteiger partial charge in [-0.25, -0.2) is 0 Å². The van der Waals surface area contributed by atoms with E-state index in [2.05, 4.69) is 11.4 Å². The molecule has 0 heterocycles. The Balaban J connectivity index is 2.24. The normalized spacial score (nSPS) is 11.9. The lowest BCUT2D eigenvalue weighted by atomic mass is 10.1. The van der Waals surface area contributed by atoms with Gasteiger partial charge in [0.2, 0.25) is 0 Å². The summed E-state index contributed by atoms with van der Waals surface area (Å²) < 4.78 is 0. The van der Waals surface area contributed by atoms with E-state index in [1.54, 1.807) is 18.2 Å². The summed E-state index contributed by atoms with van der Waals surface area (Å²) in [6.45, 7) is 4.02. The van der Waals surface area contributed by atoms with Crippen LogP contribution in [0.1, 0.15) is 24.1 Å². The summed E-state index contributed by atoms with van der Waals surface area (Å²) in [5.41, 5.74) is 2.93. The summed E-state index contributed by atoms with van der Waals surface area (Å²) in [6.07, 6.45) is 0. The summed E-state index contributed by atoms with van der Waals surface area (Å²) >= 11 is 0. The zero-order valence-electron chi connectivity index (χ0n) is 11.0. The Kier molecular flexibility index (Phi) is 3.80. The highest BCUT2D eigenvalue weighted by molar-refractivity contribution is 5.62. The van der Waals surface area contributed by atoms with Crippen molar-refractivity contribution in [1.29, 1.82) is 0 Å². The molecule has 0 bridgehead atoms. The van der Waals surface area contributed by atoms with Crippen LogP contribution in [0.25, 0.3) is 0 Å². The van der Waals surface area contributed by atoms with E-state index in [-0.39, 0.29) is 16.7 Å². The van der Waals surface area contributed by atoms with E-state index in [1.807, 2.05) is 32.0 Å². The van der Waals surface area contributed by atoms with Crippen molar-refractivity contribution in [2.24, 2.45) is 0 Å². The Morgan fingerprint density at radius 2 is 1.89 bits per heavy atom. The van der Waals surface area contributed by atoms with Crippen LogP contribution in [0.3, 0.4) is 0 Å². The summed E-state index contributed by atoms with van der Waals surface area (Å²) in [4.78, 5) is 10.6. The van der Waals surface area contributed by atoms with E-state index >= 15 is 0 Å². The van der Waals surface area contributed by atoms with E-state index in [0.29, 0.717) is 5.69 Å². The number of rotatable bonds is 4. The molecule has 2 aromatic rings. The molecule has 0 radical (unpaired) electrons. The first-order valence-corrected chi connectivity index (χ1v) is 6.14. The van der Waals surface area contributed by atoms with Gasteiger partial charge in [0.15, 0.2) is 0 Å². The van der Waals surface area contributed by atoms with E-state index < -0.39 is 0 Å². The lowest BCUT2D eigenvalue weighted by Crippen LogP contribution is -2.08. The number of para-hydroxylation sites is 2. The van der Waals surface area contributed by atoms with Crippen LogP contribution in [0.15, 0.2) is 48.5 Å². The van der Waals surface area contributed by atoms with Crippen molar-refractivity contribution in [3.63, 3.8) is 0 Å². The zero-order chi connectivity index (χ0) is 13.8. The van der Waals surface area contributed by atoms with Gasteiger partial charge in [-0.3, -0.25) is 10.1 Å². The number of nitro groups is 1. The molecule has 19 heavy (non-hydrogen) atoms. The summed E-state index contributed by atoms with van der Waals surface area (Å²) in [5, 5.41) is 14.2. The first-order chi connectivity index (χ1) is 9.08. The highest BCUT2D eigenvalue weighted by Gasteiger charge is 2.14. The Hall–Kier alpha value is -2.36. The molecule has 2 rings (SSSR count). The van der Waals surface area contributed by atoms with Gasteiger partial charge in [0, 0.05) is 12.1 Å². The fourth-order valence-electron chi connectivity index (χ4n) is 2.01. The molecule has 4 nitrogen and oxygen atoms in total. The lowest BCUT2D eigenvalue weighted by Gasteiger charge is -2.16. The Labute approximate surface area is 112 Å². The van der Waals surface area contributed by atoms with Crippen LogP contribution < -0.4 is 5.32 Å². The summed E-state index contributed by atoms with van der Waals surface area (Å²) in [7, 11) is 0. The van der Waals surface area contributed by atoms with Gasteiger partial charge in [-0.2, -0.15) is 0 Å². The molecule has 0 saturated heterocycles. The highest BCUT2D eigenvalue weighted by Crippen LogP contribution is 2.27. The number of hydrogen-bond donors (Lipinski definition) is 1. The molecule has 1 unspecified atom stereocenters. The van der Waals surface area contributed by atoms with Crippen LogP contribution in [0.2, 0.25) is 0 Å². The second kappa shape index (κ2) is 5.52. The molecule has 0 spiro atoms. The number of anilines is 1. The van der Waals surface area contributed by atoms with Crippen molar-refractivity contribution in [2.45, 2.75) is 19.9 Å². The number of aryl methyl sites for hydroxylation is 1. The minimum atomic E-state index is -0.370. The molecule has 1 N–H and O–H groups in total. The van der Waals surface area contributed by atoms with Gasteiger partial charge in [-0.05, 0) is 25.5 Å². The molecule has 4 heteroatoms. The number of nitrogens with one attached hydrogen (secondary N) is 1. The third-order valence-electron chi connectivity index (χ3n) is 3.01. The molecule has 1 atom stereocenters. The first kappa shape index (κ1) is 13.1. The van der Waals surface area contributed by atoms with Crippen molar-refractivity contribution >= 4 is 11.4 Å². The number of nitro benzene ring substituents is 1. The maximum atomic E-state index is 11.0. The quantitative estimate of drug-likeness (QED) is 0.662. The number of benzene rings is 2. The Bertz CT molecular complexity index is 596. The molecule has 0 fully saturated rings. The van der Waals surface area contributed by atoms with Crippen molar-refractivity contribution in [2.75, 3.05) is 5.32 Å². The zero-order valence-corrected chi connectivity index (χ0v) is 11.0. The molecule has 98 valence electrons. The molecule has 0 saturated carbocycles. The van der Waals surface area contributed by atoms with Crippen LogP contribution in [0.5, 0.6) is 0 Å². The molecule has 0 aliphatic heterocycles. The van der Waals surface area contributed by atoms with Gasteiger partial charge in [-0.1, -0.05) is 42.0 Å². The fraction of sp³-hybridized carbons (Fsp3) is 0.200. The van der Waals surface area contributed by atoms with Crippen molar-refractivity contribution in [1.82, 2.24) is 0 Å². The molecule has 0 aliphatic rings. The summed E-state index contributed by atoms with van der Waals surface area (Å²) in [5.74, 6) is 0. The molecular formula is C15H16N2O2. The standard InChI is InChI=1S/C15H16N2O2/c1-11-6-5-7-13(10-11)12(2)16-14-8-3-4-9-15(14)17(18)19/h3-10,12,16H,1-2H3. The lowest BCUT2D eigenvalue weighted by molar-refractivity contribution is -0.384. The molecule has 0 aliphatic carbocycles. The Morgan fingerprint density at radius 1 is 1.16 bits per heavy atom. The van der Waals surface area contributed by atoms with E-state index in [0.717, 1.165) is 5.56 Å². The smallest absolute Gasteiger partial charge is 0.292 e. The SMILES string of the molecule is Cc1cccc(C(C)Nc2ccccc2[N+](=O)[O-])c1. The first-order valence-electron chi connectivity index (χ1n) is 6.14. The summed E-state index contributed by atoms with van der Waals surface area (Å²) in [6, 6.07) is 14.8. The Morgan fingerprint density at radius 3 is 2.58 bits per heavy atom. The topological polar surface area (TPSA) is 55.2 Å². The predicted molar refractivity (Wildman–Crippen MR) is 76.3 cm³/mol. The monoisotopic (exact) mass is 256 g/mol. The maximum absolute atomic E-state index is 11.0. The van der Waals surface area contributed by atoms with E-state index in [9.17, 15) is 10.1 Å². The third-order valence-corrected chi connectivity index (χ3v) is 3.01. The van der Waals surface area contributed by atoms with Gasteiger partial charge >= 0.3 is 0 Å². The van der Waals surface area contributed by atoms with Gasteiger partial charge < -0.3 is 5.32 Å². The van der Waals surface area contributed by atoms with Crippen molar-refractivity contribution in [3.05, 3.63) is 69.8 Å². The van der Waals surface area contributed by atoms with Crippen LogP contribution in [-0.4, -0.2) is 4.92 Å². The van der Waals surface area contributed by atoms with E-state index in [4.69, 9.17) is 0 Å². The number of hydrogen-bond acceptors (Lipinski definition) is 3. The molecule has 2 aromatic carbocycles. The van der Waals surface area contributed by atoms with Gasteiger partial charge in [0.05, 0.1) is 4.92 Å². The second-order valence-electron chi connectivity index (χ2n) is 4.55. The molecule has 0 aromatic heterocycles. The van der Waals surface area contributed by atoms with Crippen molar-refractivity contribution < 1.29 is 4.92 Å². The minimum absolute atomic E-state index is 0.0148. The highest BCUT2D eigenvalue weighted by atomic mass is 16.6. The van der Waals surface area contributed by atoms with Gasteiger partial charge in [0.25, 0.3) is 5.69 Å². The minimum Gasteiger partial charge on any atom is -0.373 e.